The first-order chi connectivity index (χ1) is 14.8. The summed E-state index contributed by atoms with van der Waals surface area (Å²) < 4.78 is 10.7. The number of aliphatic imine (C=N–C) groups is 1. The number of nitrogens with one attached hydrogen (secondary N) is 2. The van der Waals surface area contributed by atoms with Gasteiger partial charge in [0.2, 0.25) is 5.88 Å². The van der Waals surface area contributed by atoms with Crippen LogP contribution in [0.1, 0.15) is 50.5 Å². The molecule has 0 radical (unpaired) electrons. The van der Waals surface area contributed by atoms with Gasteiger partial charge in [-0.05, 0) is 29.5 Å². The summed E-state index contributed by atoms with van der Waals surface area (Å²) in [7, 11) is 1.63. The van der Waals surface area contributed by atoms with Crippen molar-refractivity contribution < 1.29 is 14.6 Å². The van der Waals surface area contributed by atoms with E-state index in [0.29, 0.717) is 44.7 Å². The van der Waals surface area contributed by atoms with Crippen LogP contribution in [0.3, 0.4) is 0 Å². The summed E-state index contributed by atoms with van der Waals surface area (Å²) in [5.74, 6) is 1.18. The van der Waals surface area contributed by atoms with Gasteiger partial charge < -0.3 is 25.2 Å². The second kappa shape index (κ2) is 12.3. The van der Waals surface area contributed by atoms with Crippen LogP contribution in [0.25, 0.3) is 0 Å². The number of methoxy groups -OCH3 is 1. The zero-order valence-electron chi connectivity index (χ0n) is 19.3. The minimum absolute atomic E-state index is 0.0883. The third kappa shape index (κ3) is 8.19. The van der Waals surface area contributed by atoms with E-state index in [9.17, 15) is 5.11 Å². The van der Waals surface area contributed by atoms with Crippen molar-refractivity contribution in [2.45, 2.75) is 45.8 Å². The van der Waals surface area contributed by atoms with Crippen molar-refractivity contribution in [2.24, 2.45) is 4.99 Å². The van der Waals surface area contributed by atoms with Crippen LogP contribution in [-0.4, -0.2) is 49.5 Å². The second-order valence-corrected chi connectivity index (χ2v) is 8.27. The van der Waals surface area contributed by atoms with Gasteiger partial charge in [0.25, 0.3) is 0 Å². The number of hydrogen-bond acceptors (Lipinski definition) is 5. The Morgan fingerprint density at radius 3 is 2.52 bits per heavy atom. The van der Waals surface area contributed by atoms with E-state index in [1.54, 1.807) is 13.3 Å². The topological polar surface area (TPSA) is 88.0 Å². The molecule has 0 aliphatic heterocycles. The molecule has 1 atom stereocenters. The average molecular weight is 429 g/mol. The Bertz CT molecular complexity index is 816. The van der Waals surface area contributed by atoms with E-state index in [4.69, 9.17) is 9.47 Å². The third-order valence-corrected chi connectivity index (χ3v) is 4.75. The van der Waals surface area contributed by atoms with Crippen LogP contribution in [-0.2, 0) is 16.7 Å². The summed E-state index contributed by atoms with van der Waals surface area (Å²) in [6.45, 7) is 10.9. The molecule has 1 aromatic heterocycles. The summed E-state index contributed by atoms with van der Waals surface area (Å²) in [6.07, 6.45) is 1.06. The molecule has 1 heterocycles. The van der Waals surface area contributed by atoms with E-state index in [0.717, 1.165) is 11.1 Å². The predicted molar refractivity (Wildman–Crippen MR) is 125 cm³/mol. The Morgan fingerprint density at radius 2 is 1.87 bits per heavy atom. The third-order valence-electron chi connectivity index (χ3n) is 4.75. The summed E-state index contributed by atoms with van der Waals surface area (Å²) >= 11 is 0. The molecule has 2 aromatic rings. The average Bonchev–Trinajstić information content (AvgIpc) is 2.76. The summed E-state index contributed by atoms with van der Waals surface area (Å²) in [5.41, 5.74) is 3.09. The number of hydrogen-bond donors (Lipinski definition) is 3. The Kier molecular flexibility index (Phi) is 9.75. The van der Waals surface area contributed by atoms with E-state index in [1.165, 1.54) is 5.56 Å². The highest BCUT2D eigenvalue weighted by Crippen LogP contribution is 2.23. The molecular weight excluding hydrogens is 392 g/mol. The van der Waals surface area contributed by atoms with Crippen molar-refractivity contribution in [3.63, 3.8) is 0 Å². The zero-order valence-corrected chi connectivity index (χ0v) is 19.3. The van der Waals surface area contributed by atoms with E-state index in [-0.39, 0.29) is 5.41 Å². The minimum Gasteiger partial charge on any atom is -0.475 e. The zero-order chi connectivity index (χ0) is 22.7. The van der Waals surface area contributed by atoms with Crippen molar-refractivity contribution in [1.29, 1.82) is 0 Å². The van der Waals surface area contributed by atoms with E-state index in [2.05, 4.69) is 53.5 Å². The van der Waals surface area contributed by atoms with Gasteiger partial charge in [0.05, 0.1) is 19.3 Å². The lowest BCUT2D eigenvalue weighted by atomic mass is 9.86. The number of rotatable bonds is 10. The van der Waals surface area contributed by atoms with Gasteiger partial charge in [-0.3, -0.25) is 0 Å². The van der Waals surface area contributed by atoms with E-state index >= 15 is 0 Å². The first-order valence-electron chi connectivity index (χ1n) is 10.7. The van der Waals surface area contributed by atoms with Gasteiger partial charge in [0, 0.05) is 32.0 Å². The van der Waals surface area contributed by atoms with Gasteiger partial charge in [0.1, 0.15) is 6.61 Å². The molecule has 0 saturated carbocycles. The molecule has 0 aliphatic carbocycles. The number of aliphatic hydroxyl groups is 1. The van der Waals surface area contributed by atoms with Gasteiger partial charge in [-0.2, -0.15) is 0 Å². The van der Waals surface area contributed by atoms with Crippen molar-refractivity contribution in [1.82, 2.24) is 15.6 Å². The van der Waals surface area contributed by atoms with Crippen molar-refractivity contribution in [3.05, 3.63) is 59.3 Å². The smallest absolute Gasteiger partial charge is 0.218 e. The molecule has 0 fully saturated rings. The van der Waals surface area contributed by atoms with Gasteiger partial charge in [-0.25, -0.2) is 9.98 Å². The first kappa shape index (κ1) is 24.6. The van der Waals surface area contributed by atoms with Crippen LogP contribution in [0.2, 0.25) is 0 Å². The summed E-state index contributed by atoms with van der Waals surface area (Å²) in [4.78, 5) is 8.90. The molecule has 3 N–H and O–H groups in total. The highest BCUT2D eigenvalue weighted by Gasteiger charge is 2.15. The lowest BCUT2D eigenvalue weighted by molar-refractivity contribution is 0.143. The molecule has 2 rings (SSSR count). The number of aliphatic hydroxyl groups excluding tert-OH is 1. The van der Waals surface area contributed by atoms with Gasteiger partial charge in [-0.1, -0.05) is 51.1 Å². The molecule has 7 heteroatoms. The van der Waals surface area contributed by atoms with Crippen molar-refractivity contribution >= 4 is 5.96 Å². The second-order valence-electron chi connectivity index (χ2n) is 8.27. The fraction of sp³-hybridized carbons (Fsp3) is 0.500. The maximum Gasteiger partial charge on any atom is 0.218 e. The molecule has 1 aromatic carbocycles. The van der Waals surface area contributed by atoms with Crippen LogP contribution >= 0.6 is 0 Å². The highest BCUT2D eigenvalue weighted by atomic mass is 16.5. The molecule has 0 amide bonds. The summed E-state index contributed by atoms with van der Waals surface area (Å²) in [6, 6.07) is 11.9. The quantitative estimate of drug-likeness (QED) is 0.306. The standard InChI is InChI=1S/C24H36N4O3/c1-6-25-23(27-16-19-8-7-13-26-22(19)31-15-14-30-5)28-17-21(29)18-9-11-20(12-10-18)24(2,3)4/h7-13,21,29H,6,14-17H2,1-5H3,(H2,25,27,28). The SMILES string of the molecule is CCNC(=NCc1cccnc1OCCOC)NCC(O)c1ccc(C(C)(C)C)cc1. The van der Waals surface area contributed by atoms with Gasteiger partial charge in [0.15, 0.2) is 5.96 Å². The number of guanidine groups is 1. The van der Waals surface area contributed by atoms with Crippen LogP contribution in [0.15, 0.2) is 47.6 Å². The molecule has 7 nitrogen and oxygen atoms in total. The van der Waals surface area contributed by atoms with Crippen LogP contribution in [0.4, 0.5) is 0 Å². The molecule has 31 heavy (non-hydrogen) atoms. The monoisotopic (exact) mass is 428 g/mol. The maximum absolute atomic E-state index is 10.6. The Morgan fingerprint density at radius 1 is 1.13 bits per heavy atom. The molecular formula is C24H36N4O3. The minimum atomic E-state index is -0.635. The van der Waals surface area contributed by atoms with Gasteiger partial charge in [-0.15, -0.1) is 0 Å². The van der Waals surface area contributed by atoms with E-state index in [1.807, 2.05) is 31.2 Å². The van der Waals surface area contributed by atoms with E-state index < -0.39 is 6.10 Å². The van der Waals surface area contributed by atoms with Crippen molar-refractivity contribution in [3.8, 4) is 5.88 Å². The number of pyridine rings is 1. The largest absolute Gasteiger partial charge is 0.475 e. The molecule has 0 spiro atoms. The summed E-state index contributed by atoms with van der Waals surface area (Å²) in [5, 5.41) is 17.0. The number of benzene rings is 1. The Hall–Kier alpha value is -2.64. The van der Waals surface area contributed by atoms with Gasteiger partial charge >= 0.3 is 0 Å². The lowest BCUT2D eigenvalue weighted by Crippen LogP contribution is -2.39. The van der Waals surface area contributed by atoms with Crippen LogP contribution in [0, 0.1) is 0 Å². The lowest BCUT2D eigenvalue weighted by Gasteiger charge is -2.20. The number of nitrogens with zero attached hydrogens (tertiary/aromatic N) is 2. The Balaban J connectivity index is 1.99. The van der Waals surface area contributed by atoms with Crippen molar-refractivity contribution in [2.75, 3.05) is 33.4 Å². The molecule has 170 valence electrons. The maximum atomic E-state index is 10.6. The normalized spacial score (nSPS) is 13.0. The Labute approximate surface area is 185 Å². The van der Waals surface area contributed by atoms with Crippen LogP contribution < -0.4 is 15.4 Å². The molecule has 0 aliphatic rings. The fourth-order valence-electron chi connectivity index (χ4n) is 2.92. The number of ether oxygens (including phenoxy) is 2. The first-order valence-corrected chi connectivity index (χ1v) is 10.7. The highest BCUT2D eigenvalue weighted by molar-refractivity contribution is 5.79. The molecule has 1 unspecified atom stereocenters. The number of aromatic nitrogens is 1. The van der Waals surface area contributed by atoms with Crippen LogP contribution in [0.5, 0.6) is 5.88 Å². The fourth-order valence-corrected chi connectivity index (χ4v) is 2.92. The molecule has 0 bridgehead atoms. The molecule has 0 saturated heterocycles. The predicted octanol–water partition coefficient (Wildman–Crippen LogP) is 3.19.